The highest BCUT2D eigenvalue weighted by Crippen LogP contribution is 2.20. The lowest BCUT2D eigenvalue weighted by Crippen LogP contribution is -2.45. The van der Waals surface area contributed by atoms with Gasteiger partial charge in [0.05, 0.1) is 13.2 Å². The second-order valence-corrected chi connectivity index (χ2v) is 8.47. The van der Waals surface area contributed by atoms with Gasteiger partial charge >= 0.3 is 6.03 Å². The van der Waals surface area contributed by atoms with E-state index in [1.807, 2.05) is 70.9 Å². The molecule has 1 aromatic heterocycles. The van der Waals surface area contributed by atoms with Gasteiger partial charge in [-0.1, -0.05) is 48.5 Å². The Balaban J connectivity index is 1.75. The highest BCUT2D eigenvalue weighted by atomic mass is 32.1. The van der Waals surface area contributed by atoms with Crippen LogP contribution in [-0.2, 0) is 22.6 Å². The topological polar surface area (TPSA) is 61.9 Å². The van der Waals surface area contributed by atoms with E-state index in [1.54, 1.807) is 18.4 Å². The molecule has 2 aromatic carbocycles. The van der Waals surface area contributed by atoms with Crippen molar-refractivity contribution in [1.82, 2.24) is 9.80 Å². The monoisotopic (exact) mass is 451 g/mol. The van der Waals surface area contributed by atoms with E-state index in [2.05, 4.69) is 18.3 Å². The standard InChI is InChI=1S/C25H29N3O3S/c1-20-13-16-32-23(20)18-28(17-21-9-5-3-6-10-21)24(29)19-27(14-15-31-2)25(30)26-22-11-7-4-8-12-22/h3-13,16H,14-15,17-19H2,1-2H3,(H,26,30). The normalized spacial score (nSPS) is 10.6. The number of thiophene rings is 1. The number of urea groups is 1. The van der Waals surface area contributed by atoms with Crippen LogP contribution in [0.5, 0.6) is 0 Å². The molecule has 0 saturated heterocycles. The predicted octanol–water partition coefficient (Wildman–Crippen LogP) is 4.77. The van der Waals surface area contributed by atoms with Gasteiger partial charge in [-0.15, -0.1) is 11.3 Å². The fourth-order valence-corrected chi connectivity index (χ4v) is 4.14. The number of nitrogens with zero attached hydrogens (tertiary/aromatic N) is 2. The number of rotatable bonds is 10. The largest absolute Gasteiger partial charge is 0.383 e. The van der Waals surface area contributed by atoms with Gasteiger partial charge in [-0.05, 0) is 41.6 Å². The van der Waals surface area contributed by atoms with Crippen LogP contribution in [0.25, 0.3) is 0 Å². The van der Waals surface area contributed by atoms with Crippen molar-refractivity contribution in [2.24, 2.45) is 0 Å². The maximum atomic E-state index is 13.4. The van der Waals surface area contributed by atoms with Crippen LogP contribution in [0, 0.1) is 6.92 Å². The van der Waals surface area contributed by atoms with E-state index in [0.29, 0.717) is 31.9 Å². The minimum atomic E-state index is -0.325. The van der Waals surface area contributed by atoms with E-state index in [-0.39, 0.29) is 18.5 Å². The molecule has 3 aromatic rings. The lowest BCUT2D eigenvalue weighted by Gasteiger charge is -2.28. The van der Waals surface area contributed by atoms with E-state index in [1.165, 1.54) is 10.5 Å². The first-order chi connectivity index (χ1) is 15.6. The van der Waals surface area contributed by atoms with Crippen LogP contribution >= 0.6 is 11.3 Å². The molecule has 6 nitrogen and oxygen atoms in total. The van der Waals surface area contributed by atoms with Crippen molar-refractivity contribution in [3.8, 4) is 0 Å². The highest BCUT2D eigenvalue weighted by molar-refractivity contribution is 7.10. The number of amides is 3. The number of carbonyl (C=O) groups excluding carboxylic acids is 2. The summed E-state index contributed by atoms with van der Waals surface area (Å²) in [6.07, 6.45) is 0. The van der Waals surface area contributed by atoms with Crippen LogP contribution in [0.1, 0.15) is 16.0 Å². The zero-order chi connectivity index (χ0) is 22.8. The van der Waals surface area contributed by atoms with Gasteiger partial charge in [0, 0.05) is 30.8 Å². The molecule has 1 N–H and O–H groups in total. The Labute approximate surface area is 193 Å². The summed E-state index contributed by atoms with van der Waals surface area (Å²) in [5.74, 6) is -0.110. The van der Waals surface area contributed by atoms with Gasteiger partial charge in [-0.25, -0.2) is 4.79 Å². The summed E-state index contributed by atoms with van der Waals surface area (Å²) in [5.41, 5.74) is 2.90. The molecule has 0 aliphatic heterocycles. The highest BCUT2D eigenvalue weighted by Gasteiger charge is 2.22. The summed E-state index contributed by atoms with van der Waals surface area (Å²) in [6, 6.07) is 20.9. The van der Waals surface area contributed by atoms with Crippen molar-refractivity contribution in [2.45, 2.75) is 20.0 Å². The molecule has 3 amide bonds. The van der Waals surface area contributed by atoms with Crippen molar-refractivity contribution in [3.05, 3.63) is 88.1 Å². The molecule has 0 unspecified atom stereocenters. The molecule has 0 atom stereocenters. The van der Waals surface area contributed by atoms with Crippen LogP contribution < -0.4 is 5.32 Å². The third-order valence-corrected chi connectivity index (χ3v) is 6.08. The molecular weight excluding hydrogens is 422 g/mol. The van der Waals surface area contributed by atoms with Crippen LogP contribution in [0.4, 0.5) is 10.5 Å². The molecule has 0 saturated carbocycles. The van der Waals surface area contributed by atoms with Crippen LogP contribution in [0.2, 0.25) is 0 Å². The van der Waals surface area contributed by atoms with E-state index in [9.17, 15) is 9.59 Å². The number of anilines is 1. The van der Waals surface area contributed by atoms with Gasteiger partial charge < -0.3 is 19.9 Å². The number of nitrogens with one attached hydrogen (secondary N) is 1. The number of para-hydroxylation sites is 1. The van der Waals surface area contributed by atoms with Crippen molar-refractivity contribution in [3.63, 3.8) is 0 Å². The fourth-order valence-electron chi connectivity index (χ4n) is 3.22. The number of hydrogen-bond acceptors (Lipinski definition) is 4. The van der Waals surface area contributed by atoms with E-state index >= 15 is 0 Å². The van der Waals surface area contributed by atoms with Crippen molar-refractivity contribution < 1.29 is 14.3 Å². The maximum absolute atomic E-state index is 13.4. The summed E-state index contributed by atoms with van der Waals surface area (Å²) in [6.45, 7) is 3.68. The van der Waals surface area contributed by atoms with E-state index in [0.717, 1.165) is 10.4 Å². The van der Waals surface area contributed by atoms with Crippen LogP contribution in [0.3, 0.4) is 0 Å². The van der Waals surface area contributed by atoms with Crippen LogP contribution in [-0.4, -0.2) is 48.5 Å². The molecule has 0 fully saturated rings. The van der Waals surface area contributed by atoms with Gasteiger partial charge in [0.25, 0.3) is 0 Å². The zero-order valence-corrected chi connectivity index (χ0v) is 19.3. The van der Waals surface area contributed by atoms with Gasteiger partial charge in [0.1, 0.15) is 6.54 Å². The summed E-state index contributed by atoms with van der Waals surface area (Å²) < 4.78 is 5.17. The third-order valence-electron chi connectivity index (χ3n) is 5.08. The maximum Gasteiger partial charge on any atom is 0.322 e. The molecule has 3 rings (SSSR count). The van der Waals surface area contributed by atoms with Gasteiger partial charge in [-0.2, -0.15) is 0 Å². The number of aryl methyl sites for hydroxylation is 1. The second kappa shape index (κ2) is 12.0. The average molecular weight is 452 g/mol. The summed E-state index contributed by atoms with van der Waals surface area (Å²) >= 11 is 1.64. The molecule has 0 aliphatic rings. The average Bonchev–Trinajstić information content (AvgIpc) is 3.21. The number of benzene rings is 2. The summed E-state index contributed by atoms with van der Waals surface area (Å²) in [4.78, 5) is 30.7. The lowest BCUT2D eigenvalue weighted by atomic mass is 10.2. The molecule has 1 heterocycles. The first-order valence-electron chi connectivity index (χ1n) is 10.5. The quantitative estimate of drug-likeness (QED) is 0.483. The lowest BCUT2D eigenvalue weighted by molar-refractivity contribution is -0.133. The number of hydrogen-bond donors (Lipinski definition) is 1. The Morgan fingerprint density at radius 3 is 2.25 bits per heavy atom. The number of methoxy groups -OCH3 is 1. The SMILES string of the molecule is COCCN(CC(=O)N(Cc1ccccc1)Cc1sccc1C)C(=O)Nc1ccccc1. The molecule has 0 bridgehead atoms. The van der Waals surface area contributed by atoms with Crippen molar-refractivity contribution >= 4 is 29.0 Å². The van der Waals surface area contributed by atoms with Gasteiger partial charge in [-0.3, -0.25) is 4.79 Å². The summed E-state index contributed by atoms with van der Waals surface area (Å²) in [5, 5.41) is 4.90. The summed E-state index contributed by atoms with van der Waals surface area (Å²) in [7, 11) is 1.58. The molecule has 0 aliphatic carbocycles. The van der Waals surface area contributed by atoms with E-state index < -0.39 is 0 Å². The van der Waals surface area contributed by atoms with Crippen LogP contribution in [0.15, 0.2) is 72.1 Å². The fraction of sp³-hybridized carbons (Fsp3) is 0.280. The third kappa shape index (κ3) is 6.93. The molecule has 0 spiro atoms. The molecule has 32 heavy (non-hydrogen) atoms. The number of carbonyl (C=O) groups is 2. The van der Waals surface area contributed by atoms with Gasteiger partial charge in [0.2, 0.25) is 5.91 Å². The van der Waals surface area contributed by atoms with Gasteiger partial charge in [0.15, 0.2) is 0 Å². The molecular formula is C25H29N3O3S. The Hall–Kier alpha value is -3.16. The van der Waals surface area contributed by atoms with E-state index in [4.69, 9.17) is 4.74 Å². The minimum absolute atomic E-state index is 0.0285. The Kier molecular flexibility index (Phi) is 8.83. The predicted molar refractivity (Wildman–Crippen MR) is 129 cm³/mol. The van der Waals surface area contributed by atoms with Crippen molar-refractivity contribution in [1.29, 1.82) is 0 Å². The first-order valence-corrected chi connectivity index (χ1v) is 11.4. The molecule has 0 radical (unpaired) electrons. The Morgan fingerprint density at radius 2 is 1.62 bits per heavy atom. The molecule has 168 valence electrons. The smallest absolute Gasteiger partial charge is 0.322 e. The zero-order valence-electron chi connectivity index (χ0n) is 18.5. The second-order valence-electron chi connectivity index (χ2n) is 7.47. The van der Waals surface area contributed by atoms with Crippen molar-refractivity contribution in [2.75, 3.05) is 32.1 Å². The number of ether oxygens (including phenoxy) is 1. The minimum Gasteiger partial charge on any atom is -0.383 e. The Bertz CT molecular complexity index is 992. The Morgan fingerprint density at radius 1 is 0.938 bits per heavy atom. The molecule has 7 heteroatoms. The first kappa shape index (κ1) is 23.5.